The van der Waals surface area contributed by atoms with Crippen LogP contribution in [0.1, 0.15) is 37.9 Å². The molecule has 2 aromatic rings. The van der Waals surface area contributed by atoms with Crippen LogP contribution in [0.25, 0.3) is 11.4 Å². The van der Waals surface area contributed by atoms with Gasteiger partial charge in [0, 0.05) is 16.6 Å². The van der Waals surface area contributed by atoms with E-state index in [0.717, 1.165) is 37.5 Å². The fraction of sp³-hybridized carbons (Fsp3) is 0.375. The topological polar surface area (TPSA) is 37.8 Å². The fourth-order valence-corrected chi connectivity index (χ4v) is 3.35. The minimum absolute atomic E-state index is 0.368. The van der Waals surface area contributed by atoms with Gasteiger partial charge in [0.1, 0.15) is 5.82 Å². The standard InChI is InChI=1S/C16H19BrIN3/c1-5-19-16-13(18)14(9(2)3)20-15(21-16)11-6-7-12(17)10(4)8-11/h6-9H,5H2,1-4H3,(H,19,20,21). The zero-order valence-electron chi connectivity index (χ0n) is 12.7. The van der Waals surface area contributed by atoms with Gasteiger partial charge < -0.3 is 5.32 Å². The van der Waals surface area contributed by atoms with E-state index in [2.05, 4.69) is 83.7 Å². The summed E-state index contributed by atoms with van der Waals surface area (Å²) in [5, 5.41) is 3.34. The Morgan fingerprint density at radius 3 is 2.57 bits per heavy atom. The van der Waals surface area contributed by atoms with Gasteiger partial charge in [-0.05, 0) is 60.1 Å². The molecular formula is C16H19BrIN3. The number of aryl methyl sites for hydroxylation is 1. The van der Waals surface area contributed by atoms with Gasteiger partial charge in [-0.2, -0.15) is 0 Å². The summed E-state index contributed by atoms with van der Waals surface area (Å²) < 4.78 is 2.22. The lowest BCUT2D eigenvalue weighted by Crippen LogP contribution is -2.09. The highest BCUT2D eigenvalue weighted by Gasteiger charge is 2.15. The van der Waals surface area contributed by atoms with Crippen LogP contribution in [0.3, 0.4) is 0 Å². The largest absolute Gasteiger partial charge is 0.369 e. The first kappa shape index (κ1) is 16.7. The second kappa shape index (κ2) is 7.05. The smallest absolute Gasteiger partial charge is 0.161 e. The normalized spacial score (nSPS) is 11.0. The van der Waals surface area contributed by atoms with Crippen molar-refractivity contribution in [2.45, 2.75) is 33.6 Å². The van der Waals surface area contributed by atoms with Crippen LogP contribution in [-0.4, -0.2) is 16.5 Å². The first-order valence-electron chi connectivity index (χ1n) is 7.01. The van der Waals surface area contributed by atoms with Crippen molar-refractivity contribution in [3.8, 4) is 11.4 Å². The van der Waals surface area contributed by atoms with Crippen molar-refractivity contribution in [2.24, 2.45) is 0 Å². The van der Waals surface area contributed by atoms with Crippen LogP contribution in [-0.2, 0) is 0 Å². The maximum atomic E-state index is 4.78. The molecule has 1 aromatic heterocycles. The van der Waals surface area contributed by atoms with Gasteiger partial charge in [-0.25, -0.2) is 9.97 Å². The van der Waals surface area contributed by atoms with Gasteiger partial charge in [0.15, 0.2) is 5.82 Å². The molecule has 0 fully saturated rings. The Morgan fingerprint density at radius 2 is 2.00 bits per heavy atom. The number of benzene rings is 1. The van der Waals surface area contributed by atoms with Crippen LogP contribution >= 0.6 is 38.5 Å². The number of hydrogen-bond acceptors (Lipinski definition) is 3. The van der Waals surface area contributed by atoms with Gasteiger partial charge in [0.25, 0.3) is 0 Å². The molecule has 0 aliphatic carbocycles. The average molecular weight is 460 g/mol. The van der Waals surface area contributed by atoms with Crippen LogP contribution in [0.5, 0.6) is 0 Å². The molecule has 0 aliphatic rings. The van der Waals surface area contributed by atoms with E-state index in [1.54, 1.807) is 0 Å². The molecule has 112 valence electrons. The number of nitrogens with one attached hydrogen (secondary N) is 1. The molecule has 2 rings (SSSR count). The Kier molecular flexibility index (Phi) is 5.60. The molecule has 0 unspecified atom stereocenters. The summed E-state index contributed by atoms with van der Waals surface area (Å²) in [5.74, 6) is 2.07. The molecule has 1 heterocycles. The van der Waals surface area contributed by atoms with E-state index in [0.29, 0.717) is 5.92 Å². The predicted molar refractivity (Wildman–Crippen MR) is 101 cm³/mol. The zero-order chi connectivity index (χ0) is 15.6. The molecule has 0 bridgehead atoms. The molecule has 0 aliphatic heterocycles. The minimum Gasteiger partial charge on any atom is -0.369 e. The Balaban J connectivity index is 2.59. The second-order valence-electron chi connectivity index (χ2n) is 5.24. The number of aromatic nitrogens is 2. The van der Waals surface area contributed by atoms with Crippen LogP contribution in [0.2, 0.25) is 0 Å². The molecule has 1 N–H and O–H groups in total. The molecule has 0 saturated heterocycles. The van der Waals surface area contributed by atoms with E-state index < -0.39 is 0 Å². The van der Waals surface area contributed by atoms with Crippen molar-refractivity contribution < 1.29 is 0 Å². The molecule has 1 aromatic carbocycles. The maximum Gasteiger partial charge on any atom is 0.161 e. The van der Waals surface area contributed by atoms with Gasteiger partial charge >= 0.3 is 0 Å². The summed E-state index contributed by atoms with van der Waals surface area (Å²) in [6.07, 6.45) is 0. The third kappa shape index (κ3) is 3.74. The lowest BCUT2D eigenvalue weighted by molar-refractivity contribution is 0.808. The van der Waals surface area contributed by atoms with Crippen molar-refractivity contribution >= 4 is 44.3 Å². The predicted octanol–water partition coefficient (Wildman–Crippen LogP) is 5.37. The van der Waals surface area contributed by atoms with E-state index in [4.69, 9.17) is 9.97 Å². The van der Waals surface area contributed by atoms with E-state index in [1.807, 2.05) is 6.07 Å². The van der Waals surface area contributed by atoms with Crippen LogP contribution in [0.15, 0.2) is 22.7 Å². The highest BCUT2D eigenvalue weighted by Crippen LogP contribution is 2.29. The third-order valence-electron chi connectivity index (χ3n) is 3.18. The second-order valence-corrected chi connectivity index (χ2v) is 7.18. The monoisotopic (exact) mass is 459 g/mol. The molecule has 5 heteroatoms. The number of anilines is 1. The summed E-state index contributed by atoms with van der Waals surface area (Å²) in [5.41, 5.74) is 3.33. The van der Waals surface area contributed by atoms with Crippen LogP contribution in [0.4, 0.5) is 5.82 Å². The van der Waals surface area contributed by atoms with Gasteiger partial charge in [-0.3, -0.25) is 0 Å². The summed E-state index contributed by atoms with van der Waals surface area (Å²) >= 11 is 5.87. The molecule has 0 radical (unpaired) electrons. The quantitative estimate of drug-likeness (QED) is 0.624. The Labute approximate surface area is 148 Å². The summed E-state index contributed by atoms with van der Waals surface area (Å²) in [4.78, 5) is 9.48. The molecule has 21 heavy (non-hydrogen) atoms. The summed E-state index contributed by atoms with van der Waals surface area (Å²) in [7, 11) is 0. The van der Waals surface area contributed by atoms with Crippen molar-refractivity contribution in [3.05, 3.63) is 37.5 Å². The van der Waals surface area contributed by atoms with Crippen molar-refractivity contribution in [2.75, 3.05) is 11.9 Å². The van der Waals surface area contributed by atoms with Crippen molar-refractivity contribution in [1.29, 1.82) is 0 Å². The summed E-state index contributed by atoms with van der Waals surface area (Å²) in [6.45, 7) is 9.34. The van der Waals surface area contributed by atoms with Crippen molar-refractivity contribution in [1.82, 2.24) is 9.97 Å². The SMILES string of the molecule is CCNc1nc(-c2ccc(Br)c(C)c2)nc(C(C)C)c1I. The molecule has 0 saturated carbocycles. The number of halogens is 2. The van der Waals surface area contributed by atoms with E-state index in [9.17, 15) is 0 Å². The average Bonchev–Trinajstić information content (AvgIpc) is 2.44. The van der Waals surface area contributed by atoms with E-state index in [1.165, 1.54) is 5.56 Å². The van der Waals surface area contributed by atoms with Gasteiger partial charge in [-0.15, -0.1) is 0 Å². The van der Waals surface area contributed by atoms with E-state index >= 15 is 0 Å². The number of rotatable bonds is 4. The highest BCUT2D eigenvalue weighted by atomic mass is 127. The summed E-state index contributed by atoms with van der Waals surface area (Å²) in [6, 6.07) is 6.22. The lowest BCUT2D eigenvalue weighted by Gasteiger charge is -2.14. The maximum absolute atomic E-state index is 4.78. The van der Waals surface area contributed by atoms with Gasteiger partial charge in [-0.1, -0.05) is 35.8 Å². The Hall–Kier alpha value is -0.690. The van der Waals surface area contributed by atoms with Gasteiger partial charge in [0.05, 0.1) is 9.26 Å². The lowest BCUT2D eigenvalue weighted by atomic mass is 10.1. The molecule has 3 nitrogen and oxygen atoms in total. The fourth-order valence-electron chi connectivity index (χ4n) is 2.04. The van der Waals surface area contributed by atoms with E-state index in [-0.39, 0.29) is 0 Å². The third-order valence-corrected chi connectivity index (χ3v) is 5.14. The zero-order valence-corrected chi connectivity index (χ0v) is 16.4. The molecular weight excluding hydrogens is 441 g/mol. The van der Waals surface area contributed by atoms with Gasteiger partial charge in [0.2, 0.25) is 0 Å². The molecule has 0 amide bonds. The first-order valence-corrected chi connectivity index (χ1v) is 8.89. The molecule has 0 spiro atoms. The van der Waals surface area contributed by atoms with Crippen LogP contribution < -0.4 is 5.32 Å². The minimum atomic E-state index is 0.368. The Morgan fingerprint density at radius 1 is 1.29 bits per heavy atom. The Bertz CT molecular complexity index is 656. The number of hydrogen-bond donors (Lipinski definition) is 1. The first-order chi connectivity index (χ1) is 9.93. The highest BCUT2D eigenvalue weighted by molar-refractivity contribution is 14.1. The van der Waals surface area contributed by atoms with Crippen molar-refractivity contribution in [3.63, 3.8) is 0 Å². The molecule has 0 atom stereocenters. The number of nitrogens with zero attached hydrogens (tertiary/aromatic N) is 2. The van der Waals surface area contributed by atoms with Crippen LogP contribution in [0, 0.1) is 10.5 Å².